The van der Waals surface area contributed by atoms with Crippen LogP contribution in [0.4, 0.5) is 0 Å². The van der Waals surface area contributed by atoms with Crippen molar-refractivity contribution in [3.8, 4) is 0 Å². The van der Waals surface area contributed by atoms with Crippen molar-refractivity contribution in [1.82, 2.24) is 20.2 Å². The predicted molar refractivity (Wildman–Crippen MR) is 56.1 cm³/mol. The molecular formula is C8H14N4OS. The van der Waals surface area contributed by atoms with Gasteiger partial charge in [-0.25, -0.2) is 4.68 Å². The monoisotopic (exact) mass is 214 g/mol. The van der Waals surface area contributed by atoms with E-state index in [9.17, 15) is 0 Å². The Labute approximate surface area is 88.4 Å². The molecule has 1 rings (SSSR count). The Morgan fingerprint density at radius 2 is 2.36 bits per heavy atom. The maximum atomic E-state index is 4.96. The smallest absolute Gasteiger partial charge is 0.159 e. The van der Waals surface area contributed by atoms with Crippen LogP contribution in [0.15, 0.2) is 0 Å². The molecule has 0 radical (unpaired) electrons. The number of thiocarbonyl (C=S) groups is 1. The molecule has 0 N–H and O–H groups in total. The van der Waals surface area contributed by atoms with E-state index in [2.05, 4.69) is 22.4 Å². The molecule has 0 aliphatic rings. The Morgan fingerprint density at radius 1 is 1.64 bits per heavy atom. The highest BCUT2D eigenvalue weighted by Crippen LogP contribution is 2.17. The standard InChI is InChI=1S/C8H14N4OS/c1-6(4-5-7(14)13-3)8-9-10-11-12(8)2/h6H,4-5H2,1-3H3. The Hall–Kier alpha value is -1.04. The van der Waals surface area contributed by atoms with Gasteiger partial charge in [-0.15, -0.1) is 5.10 Å². The Kier molecular flexibility index (Phi) is 3.94. The molecule has 1 aromatic heterocycles. The van der Waals surface area contributed by atoms with Gasteiger partial charge in [0.2, 0.25) is 0 Å². The number of aryl methyl sites for hydroxylation is 1. The number of tetrazole rings is 1. The molecule has 0 aromatic carbocycles. The molecule has 0 bridgehead atoms. The van der Waals surface area contributed by atoms with E-state index in [0.29, 0.717) is 11.0 Å². The van der Waals surface area contributed by atoms with Gasteiger partial charge in [0.05, 0.1) is 7.11 Å². The van der Waals surface area contributed by atoms with E-state index in [1.807, 2.05) is 7.05 Å². The third kappa shape index (κ3) is 2.73. The SMILES string of the molecule is COC(=S)CCC(C)c1nnnn1C. The Balaban J connectivity index is 2.47. The van der Waals surface area contributed by atoms with Gasteiger partial charge in [-0.3, -0.25) is 0 Å². The van der Waals surface area contributed by atoms with Crippen molar-refractivity contribution < 1.29 is 4.74 Å². The number of hydrogen-bond acceptors (Lipinski definition) is 5. The summed E-state index contributed by atoms with van der Waals surface area (Å²) in [4.78, 5) is 0. The maximum absolute atomic E-state index is 4.96. The summed E-state index contributed by atoms with van der Waals surface area (Å²) in [6.45, 7) is 2.07. The van der Waals surface area contributed by atoms with E-state index in [4.69, 9.17) is 17.0 Å². The largest absolute Gasteiger partial charge is 0.490 e. The molecule has 6 heteroatoms. The average molecular weight is 214 g/mol. The Morgan fingerprint density at radius 3 is 2.86 bits per heavy atom. The molecule has 1 atom stereocenters. The lowest BCUT2D eigenvalue weighted by molar-refractivity contribution is 0.397. The summed E-state index contributed by atoms with van der Waals surface area (Å²) in [6, 6.07) is 0. The molecule has 1 unspecified atom stereocenters. The summed E-state index contributed by atoms with van der Waals surface area (Å²) < 4.78 is 6.60. The fourth-order valence-electron chi connectivity index (χ4n) is 1.22. The molecular weight excluding hydrogens is 200 g/mol. The van der Waals surface area contributed by atoms with Crippen molar-refractivity contribution in [2.75, 3.05) is 7.11 Å². The first-order valence-corrected chi connectivity index (χ1v) is 4.85. The highest BCUT2D eigenvalue weighted by molar-refractivity contribution is 7.80. The van der Waals surface area contributed by atoms with Crippen molar-refractivity contribution in [2.24, 2.45) is 7.05 Å². The van der Waals surface area contributed by atoms with Gasteiger partial charge in [-0.05, 0) is 29.1 Å². The van der Waals surface area contributed by atoms with Gasteiger partial charge in [0.25, 0.3) is 0 Å². The van der Waals surface area contributed by atoms with Gasteiger partial charge in [-0.1, -0.05) is 6.92 Å². The lowest BCUT2D eigenvalue weighted by atomic mass is 10.1. The van der Waals surface area contributed by atoms with Crippen LogP contribution in [-0.2, 0) is 11.8 Å². The molecule has 5 nitrogen and oxygen atoms in total. The molecule has 0 fully saturated rings. The predicted octanol–water partition coefficient (Wildman–Crippen LogP) is 1.07. The van der Waals surface area contributed by atoms with Gasteiger partial charge in [-0.2, -0.15) is 0 Å². The number of methoxy groups -OCH3 is 1. The maximum Gasteiger partial charge on any atom is 0.159 e. The molecule has 1 heterocycles. The number of rotatable bonds is 4. The molecule has 0 saturated heterocycles. The summed E-state index contributed by atoms with van der Waals surface area (Å²) in [5.74, 6) is 1.17. The van der Waals surface area contributed by atoms with Gasteiger partial charge in [0.1, 0.15) is 0 Å². The van der Waals surface area contributed by atoms with Gasteiger partial charge in [0.15, 0.2) is 10.9 Å². The first kappa shape index (κ1) is 11.0. The van der Waals surface area contributed by atoms with E-state index in [0.717, 1.165) is 18.7 Å². The minimum absolute atomic E-state index is 0.295. The van der Waals surface area contributed by atoms with Crippen molar-refractivity contribution in [1.29, 1.82) is 0 Å². The van der Waals surface area contributed by atoms with Crippen molar-refractivity contribution >= 4 is 17.3 Å². The van der Waals surface area contributed by atoms with E-state index < -0.39 is 0 Å². The van der Waals surface area contributed by atoms with Crippen molar-refractivity contribution in [2.45, 2.75) is 25.7 Å². The zero-order valence-electron chi connectivity index (χ0n) is 8.60. The fraction of sp³-hybridized carbons (Fsp3) is 0.750. The van der Waals surface area contributed by atoms with E-state index in [-0.39, 0.29) is 0 Å². The van der Waals surface area contributed by atoms with Crippen LogP contribution in [0, 0.1) is 0 Å². The van der Waals surface area contributed by atoms with Crippen LogP contribution in [0.5, 0.6) is 0 Å². The number of hydrogen-bond donors (Lipinski definition) is 0. The van der Waals surface area contributed by atoms with Crippen LogP contribution >= 0.6 is 12.2 Å². The fourth-order valence-corrected chi connectivity index (χ4v) is 1.34. The lowest BCUT2D eigenvalue weighted by Crippen LogP contribution is -2.07. The average Bonchev–Trinajstić information content (AvgIpc) is 2.60. The first-order chi connectivity index (χ1) is 6.65. The van der Waals surface area contributed by atoms with E-state index >= 15 is 0 Å². The van der Waals surface area contributed by atoms with E-state index in [1.54, 1.807) is 11.8 Å². The molecule has 78 valence electrons. The molecule has 1 aromatic rings. The number of aromatic nitrogens is 4. The molecule has 0 saturated carbocycles. The zero-order valence-corrected chi connectivity index (χ0v) is 9.41. The number of ether oxygens (including phenoxy) is 1. The van der Waals surface area contributed by atoms with Crippen LogP contribution in [0.3, 0.4) is 0 Å². The second-order valence-corrected chi connectivity index (χ2v) is 3.63. The molecule has 14 heavy (non-hydrogen) atoms. The first-order valence-electron chi connectivity index (χ1n) is 4.44. The summed E-state index contributed by atoms with van der Waals surface area (Å²) in [5, 5.41) is 11.9. The second kappa shape index (κ2) is 4.99. The van der Waals surface area contributed by atoms with Crippen LogP contribution in [-0.4, -0.2) is 32.4 Å². The van der Waals surface area contributed by atoms with Crippen LogP contribution in [0.2, 0.25) is 0 Å². The van der Waals surface area contributed by atoms with Gasteiger partial charge < -0.3 is 4.74 Å². The third-order valence-corrected chi connectivity index (χ3v) is 2.47. The minimum atomic E-state index is 0.295. The molecule has 0 spiro atoms. The lowest BCUT2D eigenvalue weighted by Gasteiger charge is -2.08. The quantitative estimate of drug-likeness (QED) is 0.702. The summed E-state index contributed by atoms with van der Waals surface area (Å²) in [5.41, 5.74) is 0. The summed E-state index contributed by atoms with van der Waals surface area (Å²) >= 11 is 4.96. The van der Waals surface area contributed by atoms with E-state index in [1.165, 1.54) is 0 Å². The topological polar surface area (TPSA) is 52.8 Å². The second-order valence-electron chi connectivity index (χ2n) is 3.18. The number of nitrogens with zero attached hydrogens (tertiary/aromatic N) is 4. The third-order valence-electron chi connectivity index (χ3n) is 2.10. The molecule has 0 amide bonds. The molecule has 0 aliphatic carbocycles. The molecule has 0 aliphatic heterocycles. The highest BCUT2D eigenvalue weighted by atomic mass is 32.1. The van der Waals surface area contributed by atoms with Crippen LogP contribution in [0.1, 0.15) is 31.5 Å². The van der Waals surface area contributed by atoms with Crippen molar-refractivity contribution in [3.05, 3.63) is 5.82 Å². The zero-order chi connectivity index (χ0) is 10.6. The Bertz CT molecular complexity index is 312. The highest BCUT2D eigenvalue weighted by Gasteiger charge is 2.12. The van der Waals surface area contributed by atoms with Crippen molar-refractivity contribution in [3.63, 3.8) is 0 Å². The normalized spacial score (nSPS) is 12.5. The minimum Gasteiger partial charge on any atom is -0.490 e. The summed E-state index contributed by atoms with van der Waals surface area (Å²) in [7, 11) is 3.43. The van der Waals surface area contributed by atoms with Gasteiger partial charge >= 0.3 is 0 Å². The van der Waals surface area contributed by atoms with Crippen LogP contribution in [0.25, 0.3) is 0 Å². The van der Waals surface area contributed by atoms with Crippen LogP contribution < -0.4 is 0 Å². The van der Waals surface area contributed by atoms with Gasteiger partial charge in [0, 0.05) is 19.4 Å². The summed E-state index contributed by atoms with van der Waals surface area (Å²) in [6.07, 6.45) is 1.67.